The maximum atomic E-state index is 12.3. The molecule has 1 saturated heterocycles. The number of aryl methyl sites for hydroxylation is 1. The van der Waals surface area contributed by atoms with Gasteiger partial charge in [0, 0.05) is 38.3 Å². The fourth-order valence-corrected chi connectivity index (χ4v) is 4.60. The van der Waals surface area contributed by atoms with Crippen LogP contribution in [-0.2, 0) is 4.79 Å². The molecule has 2 fully saturated rings. The summed E-state index contributed by atoms with van der Waals surface area (Å²) in [4.78, 5) is 21.6. The van der Waals surface area contributed by atoms with Gasteiger partial charge in [-0.3, -0.25) is 14.6 Å². The molecule has 0 bridgehead atoms. The molecule has 2 aliphatic rings. The van der Waals surface area contributed by atoms with E-state index in [0.717, 1.165) is 38.3 Å². The average Bonchev–Trinajstić information content (AvgIpc) is 3.29. The van der Waals surface area contributed by atoms with Gasteiger partial charge in [0.2, 0.25) is 17.6 Å². The van der Waals surface area contributed by atoms with Gasteiger partial charge in [0.05, 0.1) is 12.6 Å². The van der Waals surface area contributed by atoms with Crippen molar-refractivity contribution in [3.63, 3.8) is 0 Å². The standard InChI is InChI=1S/C24H35N5O2/c1-18-8-10-21(11-9-18)23-26-24(31-27-23)19(2)29-14-12-28(13-15-29)17-22(30)25-16-20-6-4-3-5-7-20/h8-11,19-20H,3-7,12-17H2,1-2H3,(H,25,30). The molecule has 7 heteroatoms. The molecule has 0 radical (unpaired) electrons. The highest BCUT2D eigenvalue weighted by molar-refractivity contribution is 5.78. The number of hydrogen-bond donors (Lipinski definition) is 1. The van der Waals surface area contributed by atoms with Crippen LogP contribution < -0.4 is 5.32 Å². The molecular formula is C24H35N5O2. The number of piperazine rings is 1. The topological polar surface area (TPSA) is 74.5 Å². The van der Waals surface area contributed by atoms with Crippen molar-refractivity contribution in [1.29, 1.82) is 0 Å². The Labute approximate surface area is 185 Å². The Kier molecular flexibility index (Phi) is 7.35. The molecule has 1 aromatic carbocycles. The number of carbonyl (C=O) groups excluding carboxylic acids is 1. The smallest absolute Gasteiger partial charge is 0.244 e. The minimum absolute atomic E-state index is 0.0639. The molecule has 0 spiro atoms. The first kappa shape index (κ1) is 22.0. The van der Waals surface area contributed by atoms with Gasteiger partial charge in [0.1, 0.15) is 0 Å². The second-order valence-corrected chi connectivity index (χ2v) is 9.12. The van der Waals surface area contributed by atoms with E-state index in [0.29, 0.717) is 24.2 Å². The van der Waals surface area contributed by atoms with Gasteiger partial charge in [-0.1, -0.05) is 54.2 Å². The minimum atomic E-state index is 0.0639. The number of amides is 1. The van der Waals surface area contributed by atoms with Crippen molar-refractivity contribution in [2.24, 2.45) is 5.92 Å². The first-order valence-electron chi connectivity index (χ1n) is 11.7. The van der Waals surface area contributed by atoms with Crippen LogP contribution >= 0.6 is 0 Å². The Hall–Kier alpha value is -2.25. The zero-order valence-electron chi connectivity index (χ0n) is 18.8. The number of aromatic nitrogens is 2. The molecule has 1 amide bonds. The van der Waals surface area contributed by atoms with E-state index in [1.807, 2.05) is 12.1 Å². The third-order valence-electron chi connectivity index (χ3n) is 6.74. The summed E-state index contributed by atoms with van der Waals surface area (Å²) in [6, 6.07) is 8.21. The van der Waals surface area contributed by atoms with Gasteiger partial charge in [0.25, 0.3) is 0 Å². The normalized spacial score (nSPS) is 19.9. The van der Waals surface area contributed by atoms with E-state index in [9.17, 15) is 4.79 Å². The molecule has 168 valence electrons. The van der Waals surface area contributed by atoms with Crippen molar-refractivity contribution in [3.05, 3.63) is 35.7 Å². The van der Waals surface area contributed by atoms with Gasteiger partial charge < -0.3 is 9.84 Å². The van der Waals surface area contributed by atoms with Crippen LogP contribution in [-0.4, -0.2) is 65.1 Å². The van der Waals surface area contributed by atoms with E-state index in [4.69, 9.17) is 4.52 Å². The van der Waals surface area contributed by atoms with Crippen LogP contribution in [0.1, 0.15) is 56.5 Å². The average molecular weight is 426 g/mol. The molecule has 1 unspecified atom stereocenters. The molecular weight excluding hydrogens is 390 g/mol. The highest BCUT2D eigenvalue weighted by Gasteiger charge is 2.27. The van der Waals surface area contributed by atoms with E-state index >= 15 is 0 Å². The van der Waals surface area contributed by atoms with E-state index in [2.05, 4.69) is 51.2 Å². The molecule has 7 nitrogen and oxygen atoms in total. The summed E-state index contributed by atoms with van der Waals surface area (Å²) in [5, 5.41) is 7.32. The van der Waals surface area contributed by atoms with Gasteiger partial charge in [0.15, 0.2) is 0 Å². The molecule has 2 aromatic rings. The van der Waals surface area contributed by atoms with Crippen LogP contribution in [0.4, 0.5) is 0 Å². The lowest BCUT2D eigenvalue weighted by Crippen LogP contribution is -2.50. The molecule has 1 aromatic heterocycles. The van der Waals surface area contributed by atoms with E-state index < -0.39 is 0 Å². The van der Waals surface area contributed by atoms with Crippen molar-refractivity contribution in [2.75, 3.05) is 39.3 Å². The Morgan fingerprint density at radius 2 is 1.84 bits per heavy atom. The quantitative estimate of drug-likeness (QED) is 0.733. The third-order valence-corrected chi connectivity index (χ3v) is 6.74. The van der Waals surface area contributed by atoms with Crippen molar-refractivity contribution in [1.82, 2.24) is 25.3 Å². The first-order chi connectivity index (χ1) is 15.1. The van der Waals surface area contributed by atoms with Crippen molar-refractivity contribution in [2.45, 2.75) is 52.0 Å². The minimum Gasteiger partial charge on any atom is -0.355 e. The Morgan fingerprint density at radius 1 is 1.13 bits per heavy atom. The number of benzene rings is 1. The Balaban J connectivity index is 1.22. The zero-order valence-corrected chi connectivity index (χ0v) is 18.8. The van der Waals surface area contributed by atoms with Crippen molar-refractivity contribution < 1.29 is 9.32 Å². The number of rotatable bonds is 7. The van der Waals surface area contributed by atoms with E-state index in [1.54, 1.807) is 0 Å². The maximum absolute atomic E-state index is 12.3. The van der Waals surface area contributed by atoms with Crippen LogP contribution in [0, 0.1) is 12.8 Å². The molecule has 4 rings (SSSR count). The predicted octanol–water partition coefficient (Wildman–Crippen LogP) is 3.42. The van der Waals surface area contributed by atoms with Crippen LogP contribution in [0.15, 0.2) is 28.8 Å². The summed E-state index contributed by atoms with van der Waals surface area (Å²) in [6.07, 6.45) is 6.50. The summed E-state index contributed by atoms with van der Waals surface area (Å²) < 4.78 is 5.56. The molecule has 1 aliphatic heterocycles. The SMILES string of the molecule is Cc1ccc(-c2noc(C(C)N3CCN(CC(=O)NCC4CCCCC4)CC3)n2)cc1. The van der Waals surface area contributed by atoms with Crippen LogP contribution in [0.5, 0.6) is 0 Å². The third kappa shape index (κ3) is 5.92. The van der Waals surface area contributed by atoms with Gasteiger partial charge >= 0.3 is 0 Å². The first-order valence-corrected chi connectivity index (χ1v) is 11.7. The highest BCUT2D eigenvalue weighted by Crippen LogP contribution is 2.24. The van der Waals surface area contributed by atoms with Gasteiger partial charge in [-0.15, -0.1) is 0 Å². The lowest BCUT2D eigenvalue weighted by molar-refractivity contribution is -0.123. The highest BCUT2D eigenvalue weighted by atomic mass is 16.5. The summed E-state index contributed by atoms with van der Waals surface area (Å²) in [6.45, 7) is 9.04. The predicted molar refractivity (Wildman–Crippen MR) is 120 cm³/mol. The summed E-state index contributed by atoms with van der Waals surface area (Å²) in [7, 11) is 0. The van der Waals surface area contributed by atoms with E-state index in [1.165, 1.54) is 37.7 Å². The van der Waals surface area contributed by atoms with Gasteiger partial charge in [-0.2, -0.15) is 4.98 Å². The molecule has 31 heavy (non-hydrogen) atoms. The van der Waals surface area contributed by atoms with Crippen LogP contribution in [0.3, 0.4) is 0 Å². The van der Waals surface area contributed by atoms with Crippen molar-refractivity contribution in [3.8, 4) is 11.4 Å². The summed E-state index contributed by atoms with van der Waals surface area (Å²) >= 11 is 0. The van der Waals surface area contributed by atoms with Crippen LogP contribution in [0.2, 0.25) is 0 Å². The Bertz CT molecular complexity index is 836. The van der Waals surface area contributed by atoms with Gasteiger partial charge in [-0.25, -0.2) is 0 Å². The van der Waals surface area contributed by atoms with Crippen molar-refractivity contribution >= 4 is 5.91 Å². The summed E-state index contributed by atoms with van der Waals surface area (Å²) in [5.41, 5.74) is 2.18. The molecule has 1 N–H and O–H groups in total. The number of nitrogens with one attached hydrogen (secondary N) is 1. The number of carbonyl (C=O) groups is 1. The zero-order chi connectivity index (χ0) is 21.6. The second-order valence-electron chi connectivity index (χ2n) is 9.12. The number of hydrogen-bond acceptors (Lipinski definition) is 6. The maximum Gasteiger partial charge on any atom is 0.244 e. The number of nitrogens with zero attached hydrogens (tertiary/aromatic N) is 4. The molecule has 2 heterocycles. The summed E-state index contributed by atoms with van der Waals surface area (Å²) in [5.74, 6) is 2.12. The second kappa shape index (κ2) is 10.4. The van der Waals surface area contributed by atoms with E-state index in [-0.39, 0.29) is 11.9 Å². The lowest BCUT2D eigenvalue weighted by atomic mass is 9.89. The fraction of sp³-hybridized carbons (Fsp3) is 0.625. The molecule has 1 saturated carbocycles. The van der Waals surface area contributed by atoms with Crippen LogP contribution in [0.25, 0.3) is 11.4 Å². The molecule has 1 aliphatic carbocycles. The molecule has 1 atom stereocenters. The Morgan fingerprint density at radius 3 is 2.55 bits per heavy atom. The largest absolute Gasteiger partial charge is 0.355 e. The fourth-order valence-electron chi connectivity index (χ4n) is 4.60. The monoisotopic (exact) mass is 425 g/mol. The van der Waals surface area contributed by atoms with Gasteiger partial charge in [-0.05, 0) is 32.6 Å². The lowest BCUT2D eigenvalue weighted by Gasteiger charge is -2.36.